The Balaban J connectivity index is 1.67. The number of aromatic nitrogens is 5. The zero-order chi connectivity index (χ0) is 20.2. The van der Waals surface area contributed by atoms with Crippen molar-refractivity contribution in [3.05, 3.63) is 80.3 Å². The summed E-state index contributed by atoms with van der Waals surface area (Å²) in [6.07, 6.45) is 6.61. The molecule has 0 atom stereocenters. The van der Waals surface area contributed by atoms with Gasteiger partial charge in [0.25, 0.3) is 0 Å². The number of aryl methyl sites for hydroxylation is 2. The average molecular weight is 434 g/mol. The fourth-order valence-electron chi connectivity index (χ4n) is 4.17. The maximum Gasteiger partial charge on any atom is 0.352 e. The summed E-state index contributed by atoms with van der Waals surface area (Å²) in [5.74, 6) is 0.509. The second-order valence-electron chi connectivity index (χ2n) is 7.41. The van der Waals surface area contributed by atoms with E-state index in [2.05, 4.69) is 10.1 Å². The quantitative estimate of drug-likeness (QED) is 0.424. The molecular weight excluding hydrogens is 418 g/mol. The Bertz CT molecular complexity index is 1480. The van der Waals surface area contributed by atoms with Crippen molar-refractivity contribution in [1.82, 2.24) is 24.1 Å². The molecule has 1 aliphatic rings. The van der Waals surface area contributed by atoms with Gasteiger partial charge < -0.3 is 0 Å². The summed E-state index contributed by atoms with van der Waals surface area (Å²) < 4.78 is 3.22. The first kappa shape index (κ1) is 17.8. The van der Waals surface area contributed by atoms with Crippen LogP contribution in [0.2, 0.25) is 5.02 Å². The third kappa shape index (κ3) is 2.62. The first-order valence-corrected chi connectivity index (χ1v) is 11.0. The van der Waals surface area contributed by atoms with Crippen LogP contribution in [-0.2, 0) is 19.4 Å². The number of pyridine rings is 1. The molecule has 8 heteroatoms. The van der Waals surface area contributed by atoms with Gasteiger partial charge in [0.2, 0.25) is 0 Å². The zero-order valence-electron chi connectivity index (χ0n) is 15.9. The summed E-state index contributed by atoms with van der Waals surface area (Å²) in [5.41, 5.74) is 3.42. The van der Waals surface area contributed by atoms with E-state index in [1.165, 1.54) is 15.0 Å². The molecule has 0 bridgehead atoms. The van der Waals surface area contributed by atoms with Gasteiger partial charge in [-0.15, -0.1) is 16.4 Å². The summed E-state index contributed by atoms with van der Waals surface area (Å²) in [6.45, 7) is 0.395. The third-order valence-electron chi connectivity index (χ3n) is 5.60. The van der Waals surface area contributed by atoms with E-state index >= 15 is 0 Å². The number of benzene rings is 1. The van der Waals surface area contributed by atoms with E-state index in [9.17, 15) is 4.79 Å². The van der Waals surface area contributed by atoms with Crippen molar-refractivity contribution in [1.29, 1.82) is 0 Å². The maximum atomic E-state index is 13.5. The van der Waals surface area contributed by atoms with Gasteiger partial charge in [-0.25, -0.2) is 9.78 Å². The van der Waals surface area contributed by atoms with Crippen LogP contribution in [0.5, 0.6) is 0 Å². The molecule has 1 aliphatic carbocycles. The number of hydrogen-bond donors (Lipinski definition) is 0. The topological polar surface area (TPSA) is 65.1 Å². The predicted octanol–water partition coefficient (Wildman–Crippen LogP) is 4.36. The number of thiophene rings is 1. The fraction of sp³-hybridized carbons (Fsp3) is 0.182. The Hall–Kier alpha value is -3.03. The number of rotatable bonds is 3. The molecule has 30 heavy (non-hydrogen) atoms. The molecule has 4 aromatic heterocycles. The second kappa shape index (κ2) is 6.75. The maximum absolute atomic E-state index is 13.5. The molecular formula is C22H16ClN5OS. The van der Waals surface area contributed by atoms with Crippen LogP contribution in [0, 0.1) is 0 Å². The third-order valence-corrected chi connectivity index (χ3v) is 7.28. The molecule has 1 aromatic carbocycles. The summed E-state index contributed by atoms with van der Waals surface area (Å²) in [7, 11) is 0. The van der Waals surface area contributed by atoms with Crippen LogP contribution in [0.25, 0.3) is 27.3 Å². The minimum absolute atomic E-state index is 0.208. The van der Waals surface area contributed by atoms with Crippen LogP contribution in [0.4, 0.5) is 0 Å². The van der Waals surface area contributed by atoms with Crippen LogP contribution < -0.4 is 5.69 Å². The molecule has 4 heterocycles. The molecule has 6 rings (SSSR count). The van der Waals surface area contributed by atoms with E-state index in [-0.39, 0.29) is 5.69 Å². The molecule has 5 aromatic rings. The van der Waals surface area contributed by atoms with Gasteiger partial charge in [0, 0.05) is 27.9 Å². The van der Waals surface area contributed by atoms with E-state index < -0.39 is 0 Å². The van der Waals surface area contributed by atoms with Crippen LogP contribution >= 0.6 is 22.9 Å². The van der Waals surface area contributed by atoms with Gasteiger partial charge in [-0.2, -0.15) is 4.52 Å². The molecule has 0 amide bonds. The highest BCUT2D eigenvalue weighted by atomic mass is 35.5. The number of nitrogens with zero attached hydrogens (tertiary/aromatic N) is 5. The number of halogens is 1. The lowest BCUT2D eigenvalue weighted by molar-refractivity contribution is 0.720. The Morgan fingerprint density at radius 2 is 2.03 bits per heavy atom. The SMILES string of the molecule is O=c1n(Cc2ccccc2Cl)c2sc3c(c2c2nc(-c4cccnc4)nn12)CCC3. The largest absolute Gasteiger partial charge is 0.352 e. The van der Waals surface area contributed by atoms with Crippen LogP contribution in [0.1, 0.15) is 22.4 Å². The smallest absolute Gasteiger partial charge is 0.278 e. The molecule has 0 saturated carbocycles. The van der Waals surface area contributed by atoms with Crippen molar-refractivity contribution >= 4 is 38.8 Å². The molecule has 0 spiro atoms. The lowest BCUT2D eigenvalue weighted by Gasteiger charge is -2.10. The Labute approximate surface area is 180 Å². The monoisotopic (exact) mass is 433 g/mol. The summed E-state index contributed by atoms with van der Waals surface area (Å²) in [5, 5.41) is 6.26. The van der Waals surface area contributed by atoms with Crippen molar-refractivity contribution in [2.75, 3.05) is 0 Å². The van der Waals surface area contributed by atoms with Crippen LogP contribution in [-0.4, -0.2) is 24.1 Å². The van der Waals surface area contributed by atoms with Crippen molar-refractivity contribution in [3.8, 4) is 11.4 Å². The van der Waals surface area contributed by atoms with Gasteiger partial charge in [-0.05, 0) is 48.6 Å². The van der Waals surface area contributed by atoms with Crippen molar-refractivity contribution in [2.24, 2.45) is 0 Å². The fourth-order valence-corrected chi connectivity index (χ4v) is 5.74. The van der Waals surface area contributed by atoms with E-state index in [0.29, 0.717) is 23.0 Å². The molecule has 0 unspecified atom stereocenters. The van der Waals surface area contributed by atoms with Crippen molar-refractivity contribution in [2.45, 2.75) is 25.8 Å². The molecule has 6 nitrogen and oxygen atoms in total. The van der Waals surface area contributed by atoms with Crippen molar-refractivity contribution < 1.29 is 0 Å². The zero-order valence-corrected chi connectivity index (χ0v) is 17.5. The Morgan fingerprint density at radius 1 is 1.13 bits per heavy atom. The van der Waals surface area contributed by atoms with Crippen LogP contribution in [0.3, 0.4) is 0 Å². The number of hydrogen-bond acceptors (Lipinski definition) is 5. The van der Waals surface area contributed by atoms with Gasteiger partial charge in [0.1, 0.15) is 4.83 Å². The lowest BCUT2D eigenvalue weighted by atomic mass is 10.2. The molecule has 0 radical (unpaired) electrons. The molecule has 0 aliphatic heterocycles. The van der Waals surface area contributed by atoms with Gasteiger partial charge in [0.05, 0.1) is 11.9 Å². The first-order valence-electron chi connectivity index (χ1n) is 9.78. The van der Waals surface area contributed by atoms with E-state index in [4.69, 9.17) is 16.6 Å². The molecule has 0 saturated heterocycles. The van der Waals surface area contributed by atoms with Crippen LogP contribution in [0.15, 0.2) is 53.6 Å². The first-order chi connectivity index (χ1) is 14.7. The minimum Gasteiger partial charge on any atom is -0.278 e. The Kier molecular flexibility index (Phi) is 4.01. The second-order valence-corrected chi connectivity index (χ2v) is 8.90. The lowest BCUT2D eigenvalue weighted by Crippen LogP contribution is -2.28. The highest BCUT2D eigenvalue weighted by Gasteiger charge is 2.25. The Morgan fingerprint density at radius 3 is 2.87 bits per heavy atom. The minimum atomic E-state index is -0.208. The summed E-state index contributed by atoms with van der Waals surface area (Å²) in [4.78, 5) is 24.7. The standard InChI is InChI=1S/C22H16ClN5OS/c23-16-8-2-1-5-14(16)12-27-21-18(15-7-3-9-17(15)30-21)20-25-19(26-28(20)22(27)29)13-6-4-10-24-11-13/h1-2,4-6,8,10-11H,3,7,9,12H2. The number of fused-ring (bicyclic) bond motifs is 5. The predicted molar refractivity (Wildman–Crippen MR) is 118 cm³/mol. The normalized spacial score (nSPS) is 13.4. The van der Waals surface area contributed by atoms with Gasteiger partial charge in [-0.1, -0.05) is 29.8 Å². The van der Waals surface area contributed by atoms with E-state index in [0.717, 1.165) is 40.6 Å². The average Bonchev–Trinajstić information content (AvgIpc) is 3.47. The van der Waals surface area contributed by atoms with Gasteiger partial charge >= 0.3 is 5.69 Å². The highest BCUT2D eigenvalue weighted by molar-refractivity contribution is 7.19. The molecule has 0 N–H and O–H groups in total. The summed E-state index contributed by atoms with van der Waals surface area (Å²) in [6, 6.07) is 11.4. The van der Waals surface area contributed by atoms with Gasteiger partial charge in [-0.3, -0.25) is 9.55 Å². The molecule has 148 valence electrons. The van der Waals surface area contributed by atoms with Gasteiger partial charge in [0.15, 0.2) is 11.5 Å². The summed E-state index contributed by atoms with van der Waals surface area (Å²) >= 11 is 8.10. The molecule has 0 fully saturated rings. The van der Waals surface area contributed by atoms with Crippen molar-refractivity contribution in [3.63, 3.8) is 0 Å². The highest BCUT2D eigenvalue weighted by Crippen LogP contribution is 2.39. The van der Waals surface area contributed by atoms with E-state index in [1.54, 1.807) is 28.3 Å². The van der Waals surface area contributed by atoms with E-state index in [1.807, 2.05) is 36.4 Å².